The van der Waals surface area contributed by atoms with E-state index in [1.165, 1.54) is 4.90 Å². The van der Waals surface area contributed by atoms with Crippen LogP contribution >= 0.6 is 0 Å². The zero-order valence-electron chi connectivity index (χ0n) is 13.3. The molecule has 0 saturated carbocycles. The zero-order chi connectivity index (χ0) is 19.3. The maximum atomic E-state index is 11.4. The summed E-state index contributed by atoms with van der Waals surface area (Å²) in [6, 6.07) is 10.0. The topological polar surface area (TPSA) is 153 Å². The predicted molar refractivity (Wildman–Crippen MR) is 91.0 cm³/mol. The van der Waals surface area contributed by atoms with Crippen LogP contribution in [0.1, 0.15) is 5.56 Å². The number of anilines is 1. The average molecular weight is 362 g/mol. The summed E-state index contributed by atoms with van der Waals surface area (Å²) in [5, 5.41) is 43.1. The quantitative estimate of drug-likeness (QED) is 0.555. The van der Waals surface area contributed by atoms with Crippen LogP contribution in [0.4, 0.5) is 22.7 Å². The molecule has 11 nitrogen and oxygen atoms in total. The van der Waals surface area contributed by atoms with E-state index in [2.05, 4.69) is 0 Å². The van der Waals surface area contributed by atoms with Crippen LogP contribution in [0.5, 0.6) is 0 Å². The Hall–Kier alpha value is -3.60. The Bertz CT molecular complexity index is 806. The number of aliphatic hydroxyl groups is 1. The predicted octanol–water partition coefficient (Wildman–Crippen LogP) is 2.41. The molecule has 0 amide bonds. The third kappa shape index (κ3) is 4.08. The van der Waals surface area contributed by atoms with Crippen molar-refractivity contribution < 1.29 is 19.9 Å². The van der Waals surface area contributed by atoms with Crippen LogP contribution in [0.3, 0.4) is 0 Å². The molecule has 11 heteroatoms. The molecule has 1 N–H and O–H groups in total. The first kappa shape index (κ1) is 18.7. The molecule has 0 fully saturated rings. The summed E-state index contributed by atoms with van der Waals surface area (Å²) >= 11 is 0. The summed E-state index contributed by atoms with van der Waals surface area (Å²) < 4.78 is 0. The van der Waals surface area contributed by atoms with Gasteiger partial charge in [-0.05, 0) is 5.56 Å². The van der Waals surface area contributed by atoms with E-state index in [0.29, 0.717) is 17.7 Å². The Morgan fingerprint density at radius 2 is 1.42 bits per heavy atom. The summed E-state index contributed by atoms with van der Waals surface area (Å²) in [5.41, 5.74) is -1.98. The fraction of sp³-hybridized carbons (Fsp3) is 0.200. The molecule has 0 aliphatic heterocycles. The first-order valence-electron chi connectivity index (χ1n) is 7.36. The summed E-state index contributed by atoms with van der Waals surface area (Å²) in [7, 11) is 0. The van der Waals surface area contributed by atoms with Gasteiger partial charge in [0.05, 0.1) is 33.5 Å². The van der Waals surface area contributed by atoms with E-state index in [1.807, 2.05) is 0 Å². The van der Waals surface area contributed by atoms with Gasteiger partial charge in [0.2, 0.25) is 0 Å². The lowest BCUT2D eigenvalue weighted by molar-refractivity contribution is -0.402. The molecular weight excluding hydrogens is 348 g/mol. The minimum absolute atomic E-state index is 0.0426. The van der Waals surface area contributed by atoms with Crippen LogP contribution in [0.15, 0.2) is 42.5 Å². The van der Waals surface area contributed by atoms with E-state index >= 15 is 0 Å². The van der Waals surface area contributed by atoms with Crippen molar-refractivity contribution in [3.05, 3.63) is 78.4 Å². The number of nitro groups is 3. The second kappa shape index (κ2) is 7.98. The van der Waals surface area contributed by atoms with Gasteiger partial charge < -0.3 is 10.0 Å². The molecule has 2 aromatic rings. The monoisotopic (exact) mass is 362 g/mol. The number of non-ortho nitro benzene ring substituents is 1. The fourth-order valence-electron chi connectivity index (χ4n) is 2.49. The van der Waals surface area contributed by atoms with Gasteiger partial charge in [-0.15, -0.1) is 0 Å². The molecule has 0 spiro atoms. The van der Waals surface area contributed by atoms with Gasteiger partial charge in [-0.2, -0.15) is 0 Å². The van der Waals surface area contributed by atoms with E-state index in [9.17, 15) is 35.4 Å². The lowest BCUT2D eigenvalue weighted by Crippen LogP contribution is -2.27. The highest BCUT2D eigenvalue weighted by atomic mass is 16.6. The number of nitro benzene ring substituents is 3. The number of rotatable bonds is 8. The molecule has 0 bridgehead atoms. The average Bonchev–Trinajstić information content (AvgIpc) is 2.60. The van der Waals surface area contributed by atoms with Crippen molar-refractivity contribution in [3.63, 3.8) is 0 Å². The van der Waals surface area contributed by atoms with E-state index in [0.717, 1.165) is 0 Å². The van der Waals surface area contributed by atoms with Crippen molar-refractivity contribution in [2.75, 3.05) is 18.1 Å². The minimum Gasteiger partial charge on any atom is -0.395 e. The molecular formula is C15H14N4O7. The van der Waals surface area contributed by atoms with E-state index in [1.54, 1.807) is 30.3 Å². The maximum Gasteiger partial charge on any atom is 0.306 e. The third-order valence-electron chi connectivity index (χ3n) is 3.56. The van der Waals surface area contributed by atoms with Crippen LogP contribution in [0, 0.1) is 30.3 Å². The van der Waals surface area contributed by atoms with Crippen LogP contribution < -0.4 is 4.90 Å². The van der Waals surface area contributed by atoms with Crippen molar-refractivity contribution in [3.8, 4) is 0 Å². The second-order valence-corrected chi connectivity index (χ2v) is 5.23. The van der Waals surface area contributed by atoms with Gasteiger partial charge >= 0.3 is 11.4 Å². The minimum atomic E-state index is -0.933. The van der Waals surface area contributed by atoms with Crippen LogP contribution in [0.25, 0.3) is 0 Å². The molecule has 2 aromatic carbocycles. The number of benzene rings is 2. The summed E-state index contributed by atoms with van der Waals surface area (Å²) in [6.07, 6.45) is 0. The van der Waals surface area contributed by atoms with Crippen molar-refractivity contribution >= 4 is 22.7 Å². The van der Waals surface area contributed by atoms with Gasteiger partial charge in [0.25, 0.3) is 5.69 Å². The molecule has 2 rings (SSSR count). The smallest absolute Gasteiger partial charge is 0.306 e. The van der Waals surface area contributed by atoms with Gasteiger partial charge in [0.15, 0.2) is 5.69 Å². The Labute approximate surface area is 146 Å². The number of aliphatic hydroxyl groups excluding tert-OH is 1. The maximum absolute atomic E-state index is 11.4. The van der Waals surface area contributed by atoms with E-state index < -0.39 is 38.4 Å². The lowest BCUT2D eigenvalue weighted by Gasteiger charge is -2.23. The number of nitrogens with zero attached hydrogens (tertiary/aromatic N) is 4. The van der Waals surface area contributed by atoms with Crippen molar-refractivity contribution in [2.45, 2.75) is 6.54 Å². The van der Waals surface area contributed by atoms with Crippen LogP contribution in [-0.2, 0) is 6.54 Å². The molecule has 0 aromatic heterocycles. The van der Waals surface area contributed by atoms with Gasteiger partial charge in [-0.1, -0.05) is 30.3 Å². The molecule has 0 aliphatic carbocycles. The van der Waals surface area contributed by atoms with Crippen LogP contribution in [-0.4, -0.2) is 33.0 Å². The van der Waals surface area contributed by atoms with E-state index in [-0.39, 0.29) is 18.8 Å². The highest BCUT2D eigenvalue weighted by molar-refractivity contribution is 5.78. The Balaban J connectivity index is 2.67. The number of hydrogen-bond acceptors (Lipinski definition) is 8. The molecule has 0 aliphatic rings. The second-order valence-electron chi connectivity index (χ2n) is 5.23. The summed E-state index contributed by atoms with van der Waals surface area (Å²) in [5.74, 6) is 0. The first-order chi connectivity index (χ1) is 12.3. The standard InChI is InChI=1S/C15H14N4O7/c20-7-6-16(10-11-4-2-1-3-5-11)15-13(18(23)24)8-12(17(21)22)9-14(15)19(25)26/h1-5,8-9,20H,6-7,10H2. The molecule has 136 valence electrons. The van der Waals surface area contributed by atoms with Crippen molar-refractivity contribution in [1.29, 1.82) is 0 Å². The molecule has 0 saturated heterocycles. The summed E-state index contributed by atoms with van der Waals surface area (Å²) in [4.78, 5) is 32.3. The molecule has 0 heterocycles. The molecule has 26 heavy (non-hydrogen) atoms. The Morgan fingerprint density at radius 3 is 1.85 bits per heavy atom. The van der Waals surface area contributed by atoms with Gasteiger partial charge in [-0.25, -0.2) is 0 Å². The summed E-state index contributed by atoms with van der Waals surface area (Å²) in [6.45, 7) is -0.507. The van der Waals surface area contributed by atoms with E-state index in [4.69, 9.17) is 0 Å². The normalized spacial score (nSPS) is 10.3. The van der Waals surface area contributed by atoms with Crippen molar-refractivity contribution in [2.24, 2.45) is 0 Å². The van der Waals surface area contributed by atoms with Crippen LogP contribution in [0.2, 0.25) is 0 Å². The van der Waals surface area contributed by atoms with Gasteiger partial charge in [0.1, 0.15) is 0 Å². The van der Waals surface area contributed by atoms with Gasteiger partial charge in [-0.3, -0.25) is 30.3 Å². The highest BCUT2D eigenvalue weighted by Crippen LogP contribution is 2.41. The highest BCUT2D eigenvalue weighted by Gasteiger charge is 2.34. The molecule has 0 unspecified atom stereocenters. The Kier molecular flexibility index (Phi) is 5.75. The lowest BCUT2D eigenvalue weighted by atomic mass is 10.1. The SMILES string of the molecule is O=[N+]([O-])c1cc([N+](=O)[O-])c(N(CCO)Cc2ccccc2)c([N+](=O)[O-])c1. The largest absolute Gasteiger partial charge is 0.395 e. The fourth-order valence-corrected chi connectivity index (χ4v) is 2.49. The zero-order valence-corrected chi connectivity index (χ0v) is 13.3. The number of hydrogen-bond donors (Lipinski definition) is 1. The van der Waals surface area contributed by atoms with Gasteiger partial charge in [0, 0.05) is 13.1 Å². The Morgan fingerprint density at radius 1 is 0.885 bits per heavy atom. The molecule has 0 radical (unpaired) electrons. The van der Waals surface area contributed by atoms with Crippen molar-refractivity contribution in [1.82, 2.24) is 0 Å². The first-order valence-corrected chi connectivity index (χ1v) is 7.36. The molecule has 0 atom stereocenters. The third-order valence-corrected chi connectivity index (χ3v) is 3.56.